The number of aromatic nitrogens is 2. The molecular formula is C19H19N3O3S2. The minimum absolute atomic E-state index is 0.0726. The van der Waals surface area contributed by atoms with Crippen molar-refractivity contribution in [2.75, 3.05) is 11.1 Å². The standard InChI is InChI=1S/C19H19N3O3S2/c1-11-4-5-15(12(2)8-11)22-17(24)13(3)25-16(23)9-27-19-14-6-7-26-18(14)20-10-21-19/h4-8,10,13H,9H2,1-3H3,(H,22,24)/t13-/m1/s1. The first-order valence-electron chi connectivity index (χ1n) is 8.32. The summed E-state index contributed by atoms with van der Waals surface area (Å²) >= 11 is 2.79. The summed E-state index contributed by atoms with van der Waals surface area (Å²) in [5.41, 5.74) is 2.79. The highest BCUT2D eigenvalue weighted by Crippen LogP contribution is 2.27. The molecule has 1 atom stereocenters. The third-order valence-corrected chi connectivity index (χ3v) is 5.67. The van der Waals surface area contributed by atoms with Gasteiger partial charge in [0, 0.05) is 11.1 Å². The van der Waals surface area contributed by atoms with Crippen LogP contribution in [-0.4, -0.2) is 33.7 Å². The number of nitrogens with one attached hydrogen (secondary N) is 1. The molecule has 2 heterocycles. The molecule has 0 saturated heterocycles. The number of aryl methyl sites for hydroxylation is 2. The van der Waals surface area contributed by atoms with Crippen molar-refractivity contribution in [3.05, 3.63) is 47.1 Å². The molecule has 3 aromatic rings. The molecule has 1 amide bonds. The molecule has 0 bridgehead atoms. The van der Waals surface area contributed by atoms with Crippen molar-refractivity contribution in [1.29, 1.82) is 0 Å². The fourth-order valence-electron chi connectivity index (χ4n) is 2.48. The Morgan fingerprint density at radius 1 is 1.26 bits per heavy atom. The lowest BCUT2D eigenvalue weighted by Crippen LogP contribution is -2.30. The fourth-order valence-corrected chi connectivity index (χ4v) is 4.04. The summed E-state index contributed by atoms with van der Waals surface area (Å²) < 4.78 is 5.25. The maximum absolute atomic E-state index is 12.3. The molecule has 1 N–H and O–H groups in total. The van der Waals surface area contributed by atoms with Crippen LogP contribution in [0.1, 0.15) is 18.1 Å². The summed E-state index contributed by atoms with van der Waals surface area (Å²) in [6.07, 6.45) is 0.595. The number of carbonyl (C=O) groups is 2. The van der Waals surface area contributed by atoms with E-state index < -0.39 is 12.1 Å². The van der Waals surface area contributed by atoms with Crippen LogP contribution in [-0.2, 0) is 14.3 Å². The first-order valence-corrected chi connectivity index (χ1v) is 10.2. The molecule has 0 unspecified atom stereocenters. The Kier molecular flexibility index (Phi) is 6.08. The van der Waals surface area contributed by atoms with Crippen molar-refractivity contribution in [2.45, 2.75) is 31.9 Å². The van der Waals surface area contributed by atoms with Gasteiger partial charge in [-0.1, -0.05) is 29.5 Å². The highest BCUT2D eigenvalue weighted by molar-refractivity contribution is 8.00. The van der Waals surface area contributed by atoms with E-state index in [9.17, 15) is 9.59 Å². The van der Waals surface area contributed by atoms with E-state index in [4.69, 9.17) is 4.74 Å². The number of fused-ring (bicyclic) bond motifs is 1. The Labute approximate surface area is 165 Å². The van der Waals surface area contributed by atoms with Crippen LogP contribution in [0, 0.1) is 13.8 Å². The van der Waals surface area contributed by atoms with Crippen molar-refractivity contribution < 1.29 is 14.3 Å². The number of amides is 1. The maximum atomic E-state index is 12.3. The fraction of sp³-hybridized carbons (Fsp3) is 0.263. The summed E-state index contributed by atoms with van der Waals surface area (Å²) in [7, 11) is 0. The predicted molar refractivity (Wildman–Crippen MR) is 108 cm³/mol. The molecule has 8 heteroatoms. The van der Waals surface area contributed by atoms with Gasteiger partial charge < -0.3 is 10.1 Å². The SMILES string of the molecule is Cc1ccc(NC(=O)[C@@H](C)OC(=O)CSc2ncnc3sccc23)c(C)c1. The molecule has 27 heavy (non-hydrogen) atoms. The van der Waals surface area contributed by atoms with Gasteiger partial charge in [0.2, 0.25) is 0 Å². The summed E-state index contributed by atoms with van der Waals surface area (Å²) in [4.78, 5) is 33.7. The van der Waals surface area contributed by atoms with E-state index in [1.165, 1.54) is 29.4 Å². The van der Waals surface area contributed by atoms with E-state index in [1.807, 2.05) is 43.5 Å². The lowest BCUT2D eigenvalue weighted by molar-refractivity contribution is -0.150. The zero-order valence-corrected chi connectivity index (χ0v) is 16.8. The van der Waals surface area contributed by atoms with E-state index in [0.717, 1.165) is 26.4 Å². The largest absolute Gasteiger partial charge is 0.452 e. The number of hydrogen-bond acceptors (Lipinski definition) is 7. The zero-order valence-electron chi connectivity index (χ0n) is 15.2. The number of anilines is 1. The van der Waals surface area contributed by atoms with E-state index in [0.29, 0.717) is 5.69 Å². The van der Waals surface area contributed by atoms with Gasteiger partial charge in [-0.15, -0.1) is 11.3 Å². The van der Waals surface area contributed by atoms with Gasteiger partial charge in [0.15, 0.2) is 6.10 Å². The van der Waals surface area contributed by atoms with Gasteiger partial charge in [-0.3, -0.25) is 9.59 Å². The van der Waals surface area contributed by atoms with Gasteiger partial charge in [-0.05, 0) is 43.8 Å². The lowest BCUT2D eigenvalue weighted by atomic mass is 10.1. The summed E-state index contributed by atoms with van der Waals surface area (Å²) in [5, 5.41) is 6.37. The number of hydrogen-bond donors (Lipinski definition) is 1. The van der Waals surface area contributed by atoms with Gasteiger partial charge in [-0.25, -0.2) is 9.97 Å². The molecule has 0 aliphatic rings. The number of rotatable bonds is 6. The molecule has 0 aliphatic heterocycles. The third kappa shape index (κ3) is 4.84. The van der Waals surface area contributed by atoms with Crippen LogP contribution >= 0.6 is 23.1 Å². The van der Waals surface area contributed by atoms with Crippen LogP contribution in [0.2, 0.25) is 0 Å². The molecule has 0 fully saturated rings. The van der Waals surface area contributed by atoms with Gasteiger partial charge >= 0.3 is 5.97 Å². The number of esters is 1. The second-order valence-electron chi connectivity index (χ2n) is 6.05. The minimum atomic E-state index is -0.884. The Bertz CT molecular complexity index is 987. The van der Waals surface area contributed by atoms with Gasteiger partial charge in [0.05, 0.1) is 5.75 Å². The number of thioether (sulfide) groups is 1. The molecule has 2 aromatic heterocycles. The highest BCUT2D eigenvalue weighted by Gasteiger charge is 2.19. The average molecular weight is 402 g/mol. The van der Waals surface area contributed by atoms with Crippen molar-refractivity contribution in [2.24, 2.45) is 0 Å². The summed E-state index contributed by atoms with van der Waals surface area (Å²) in [6, 6.07) is 7.67. The zero-order chi connectivity index (χ0) is 19.4. The molecular weight excluding hydrogens is 382 g/mol. The predicted octanol–water partition coefficient (Wildman–Crippen LogP) is 3.97. The normalized spacial score (nSPS) is 12.0. The average Bonchev–Trinajstić information content (AvgIpc) is 3.11. The molecule has 0 saturated carbocycles. The molecule has 0 radical (unpaired) electrons. The summed E-state index contributed by atoms with van der Waals surface area (Å²) in [6.45, 7) is 5.47. The monoisotopic (exact) mass is 401 g/mol. The number of nitrogens with zero attached hydrogens (tertiary/aromatic N) is 2. The van der Waals surface area contributed by atoms with Crippen molar-refractivity contribution in [3.63, 3.8) is 0 Å². The molecule has 0 aliphatic carbocycles. The minimum Gasteiger partial charge on any atom is -0.452 e. The van der Waals surface area contributed by atoms with Crippen LogP contribution < -0.4 is 5.32 Å². The number of thiophene rings is 1. The van der Waals surface area contributed by atoms with Crippen molar-refractivity contribution >= 4 is 50.9 Å². The van der Waals surface area contributed by atoms with Gasteiger partial charge in [0.25, 0.3) is 5.91 Å². The lowest BCUT2D eigenvalue weighted by Gasteiger charge is -2.15. The van der Waals surface area contributed by atoms with Gasteiger partial charge in [0.1, 0.15) is 16.2 Å². The van der Waals surface area contributed by atoms with E-state index >= 15 is 0 Å². The Balaban J connectivity index is 1.54. The van der Waals surface area contributed by atoms with Crippen molar-refractivity contribution in [3.8, 4) is 0 Å². The Morgan fingerprint density at radius 2 is 2.07 bits per heavy atom. The van der Waals surface area contributed by atoms with Crippen molar-refractivity contribution in [1.82, 2.24) is 9.97 Å². The van der Waals surface area contributed by atoms with Crippen LogP contribution in [0.25, 0.3) is 10.2 Å². The number of benzene rings is 1. The first-order chi connectivity index (χ1) is 12.9. The molecule has 140 valence electrons. The Hall–Kier alpha value is -2.45. The third-order valence-electron chi connectivity index (χ3n) is 3.87. The quantitative estimate of drug-likeness (QED) is 0.382. The smallest absolute Gasteiger partial charge is 0.317 e. The second kappa shape index (κ2) is 8.49. The van der Waals surface area contributed by atoms with Gasteiger partial charge in [-0.2, -0.15) is 0 Å². The van der Waals surface area contributed by atoms with E-state index in [2.05, 4.69) is 15.3 Å². The molecule has 1 aromatic carbocycles. The summed E-state index contributed by atoms with van der Waals surface area (Å²) in [5.74, 6) is -0.754. The topological polar surface area (TPSA) is 81.2 Å². The van der Waals surface area contributed by atoms with E-state index in [1.54, 1.807) is 6.92 Å². The Morgan fingerprint density at radius 3 is 2.85 bits per heavy atom. The number of carbonyl (C=O) groups excluding carboxylic acids is 2. The van der Waals surface area contributed by atoms with Crippen LogP contribution in [0.15, 0.2) is 41.0 Å². The van der Waals surface area contributed by atoms with Crippen LogP contribution in [0.4, 0.5) is 5.69 Å². The van der Waals surface area contributed by atoms with Crippen LogP contribution in [0.5, 0.6) is 0 Å². The van der Waals surface area contributed by atoms with E-state index in [-0.39, 0.29) is 11.7 Å². The number of ether oxygens (including phenoxy) is 1. The molecule has 0 spiro atoms. The first kappa shape index (κ1) is 19.3. The molecule has 3 rings (SSSR count). The highest BCUT2D eigenvalue weighted by atomic mass is 32.2. The van der Waals surface area contributed by atoms with Crippen LogP contribution in [0.3, 0.4) is 0 Å². The second-order valence-corrected chi connectivity index (χ2v) is 7.91. The maximum Gasteiger partial charge on any atom is 0.317 e. The molecule has 6 nitrogen and oxygen atoms in total.